The molecule has 2 rings (SSSR count). The van der Waals surface area contributed by atoms with Crippen LogP contribution in [0, 0.1) is 5.41 Å². The minimum Gasteiger partial charge on any atom is -0.313 e. The van der Waals surface area contributed by atoms with Gasteiger partial charge < -0.3 is 5.32 Å². The second-order valence-corrected chi connectivity index (χ2v) is 6.21. The Morgan fingerprint density at radius 2 is 1.83 bits per heavy atom. The van der Waals surface area contributed by atoms with E-state index in [1.165, 1.54) is 24.2 Å². The summed E-state index contributed by atoms with van der Waals surface area (Å²) >= 11 is 0. The van der Waals surface area contributed by atoms with Crippen molar-refractivity contribution in [2.24, 2.45) is 5.41 Å². The van der Waals surface area contributed by atoms with E-state index < -0.39 is 12.7 Å². The highest BCUT2D eigenvalue weighted by Gasteiger charge is 2.34. The number of likely N-dealkylation sites (tertiary alicyclic amines) is 1. The summed E-state index contributed by atoms with van der Waals surface area (Å²) in [7, 11) is 0. The van der Waals surface area contributed by atoms with E-state index in [-0.39, 0.29) is 0 Å². The number of alkyl halides is 3. The summed E-state index contributed by atoms with van der Waals surface area (Å²) < 4.78 is 36.7. The highest BCUT2D eigenvalue weighted by atomic mass is 19.4. The minimum atomic E-state index is -4.06. The van der Waals surface area contributed by atoms with Gasteiger partial charge in [-0.25, -0.2) is 0 Å². The van der Waals surface area contributed by atoms with E-state index in [9.17, 15) is 13.2 Å². The van der Waals surface area contributed by atoms with Gasteiger partial charge in [0.15, 0.2) is 0 Å². The number of nitrogens with one attached hydrogen (secondary N) is 1. The molecule has 2 aliphatic rings. The Balaban J connectivity index is 1.64. The third kappa shape index (κ3) is 4.12. The zero-order valence-electron chi connectivity index (χ0n) is 11.0. The number of nitrogens with zero attached hydrogens (tertiary/aromatic N) is 1. The van der Waals surface area contributed by atoms with E-state index in [1.807, 2.05) is 0 Å². The van der Waals surface area contributed by atoms with Gasteiger partial charge in [-0.1, -0.05) is 13.3 Å². The number of rotatable bonds is 4. The standard InChI is InChI=1S/C13H23F3N2/c1-12(5-2-6-12)9-17-11-3-7-18(8-4-11)10-13(14,15)16/h11,17H,2-10H2,1H3. The molecule has 2 nitrogen and oxygen atoms in total. The van der Waals surface area contributed by atoms with Crippen LogP contribution in [0.1, 0.15) is 39.0 Å². The molecule has 1 aliphatic carbocycles. The quantitative estimate of drug-likeness (QED) is 0.840. The maximum absolute atomic E-state index is 12.2. The van der Waals surface area contributed by atoms with Crippen molar-refractivity contribution in [2.45, 2.75) is 51.2 Å². The Labute approximate surface area is 107 Å². The van der Waals surface area contributed by atoms with Gasteiger partial charge in [0.25, 0.3) is 0 Å². The predicted octanol–water partition coefficient (Wildman–Crippen LogP) is 2.79. The topological polar surface area (TPSA) is 15.3 Å². The smallest absolute Gasteiger partial charge is 0.313 e. The number of halogens is 3. The lowest BCUT2D eigenvalue weighted by molar-refractivity contribution is -0.148. The lowest BCUT2D eigenvalue weighted by atomic mass is 9.70. The number of piperidine rings is 1. The summed E-state index contributed by atoms with van der Waals surface area (Å²) in [5.74, 6) is 0. The molecule has 1 saturated carbocycles. The first kappa shape index (κ1) is 14.1. The van der Waals surface area contributed by atoms with Gasteiger partial charge in [0.1, 0.15) is 0 Å². The van der Waals surface area contributed by atoms with E-state index in [2.05, 4.69) is 12.2 Å². The number of hydrogen-bond donors (Lipinski definition) is 1. The zero-order chi connectivity index (χ0) is 13.2. The average molecular weight is 264 g/mol. The fourth-order valence-electron chi connectivity index (χ4n) is 2.90. The van der Waals surface area contributed by atoms with Crippen LogP contribution in [0.5, 0.6) is 0 Å². The summed E-state index contributed by atoms with van der Waals surface area (Å²) in [5, 5.41) is 3.54. The van der Waals surface area contributed by atoms with Gasteiger partial charge in [-0.3, -0.25) is 4.90 Å². The van der Waals surface area contributed by atoms with E-state index >= 15 is 0 Å². The monoisotopic (exact) mass is 264 g/mol. The molecule has 0 amide bonds. The molecule has 1 saturated heterocycles. The van der Waals surface area contributed by atoms with Crippen LogP contribution < -0.4 is 5.32 Å². The summed E-state index contributed by atoms with van der Waals surface area (Å²) in [6.07, 6.45) is 1.51. The van der Waals surface area contributed by atoms with Gasteiger partial charge in [-0.15, -0.1) is 0 Å². The zero-order valence-corrected chi connectivity index (χ0v) is 11.0. The SMILES string of the molecule is CC1(CNC2CCN(CC(F)(F)F)CC2)CCC1. The van der Waals surface area contributed by atoms with Crippen molar-refractivity contribution in [3.8, 4) is 0 Å². The molecule has 5 heteroatoms. The fourth-order valence-corrected chi connectivity index (χ4v) is 2.90. The normalized spacial score (nSPS) is 26.0. The lowest BCUT2D eigenvalue weighted by Gasteiger charge is -2.41. The van der Waals surface area contributed by atoms with Crippen LogP contribution in [0.15, 0.2) is 0 Å². The van der Waals surface area contributed by atoms with Gasteiger partial charge in [0.2, 0.25) is 0 Å². The molecule has 0 atom stereocenters. The molecule has 0 aromatic carbocycles. The van der Waals surface area contributed by atoms with E-state index in [0.29, 0.717) is 24.5 Å². The van der Waals surface area contributed by atoms with Crippen LogP contribution in [-0.4, -0.2) is 43.3 Å². The Morgan fingerprint density at radius 1 is 1.22 bits per heavy atom. The van der Waals surface area contributed by atoms with Crippen LogP contribution in [0.4, 0.5) is 13.2 Å². The van der Waals surface area contributed by atoms with Crippen LogP contribution in [0.25, 0.3) is 0 Å². The minimum absolute atomic E-state index is 0.409. The average Bonchev–Trinajstić information content (AvgIpc) is 2.23. The van der Waals surface area contributed by atoms with Crippen LogP contribution in [-0.2, 0) is 0 Å². The molecule has 18 heavy (non-hydrogen) atoms. The molecule has 2 fully saturated rings. The summed E-state index contributed by atoms with van der Waals surface area (Å²) in [4.78, 5) is 1.52. The predicted molar refractivity (Wildman–Crippen MR) is 65.5 cm³/mol. The Kier molecular flexibility index (Phi) is 4.22. The molecule has 0 spiro atoms. The van der Waals surface area contributed by atoms with Gasteiger partial charge in [-0.05, 0) is 44.2 Å². The van der Waals surface area contributed by atoms with Crippen molar-refractivity contribution in [2.75, 3.05) is 26.2 Å². The molecular formula is C13H23F3N2. The number of hydrogen-bond acceptors (Lipinski definition) is 2. The third-order valence-corrected chi connectivity index (χ3v) is 4.37. The second kappa shape index (κ2) is 5.37. The molecule has 0 bridgehead atoms. The van der Waals surface area contributed by atoms with Crippen molar-refractivity contribution in [1.29, 1.82) is 0 Å². The molecule has 1 N–H and O–H groups in total. The largest absolute Gasteiger partial charge is 0.401 e. The summed E-state index contributed by atoms with van der Waals surface area (Å²) in [6, 6.07) is 0.409. The summed E-state index contributed by atoms with van der Waals surface area (Å²) in [6.45, 7) is 3.69. The van der Waals surface area contributed by atoms with Gasteiger partial charge in [0, 0.05) is 12.6 Å². The summed E-state index contributed by atoms with van der Waals surface area (Å²) in [5.41, 5.74) is 0.448. The Bertz CT molecular complexity index is 266. The first-order valence-electron chi connectivity index (χ1n) is 6.89. The van der Waals surface area contributed by atoms with E-state index in [1.54, 1.807) is 0 Å². The molecule has 0 aromatic heterocycles. The molecule has 106 valence electrons. The Morgan fingerprint density at radius 3 is 2.28 bits per heavy atom. The molecular weight excluding hydrogens is 241 g/mol. The van der Waals surface area contributed by atoms with Crippen LogP contribution in [0.2, 0.25) is 0 Å². The maximum atomic E-state index is 12.2. The second-order valence-electron chi connectivity index (χ2n) is 6.21. The molecule has 1 aliphatic heterocycles. The molecule has 1 heterocycles. The van der Waals surface area contributed by atoms with Gasteiger partial charge >= 0.3 is 6.18 Å². The molecule has 0 aromatic rings. The first-order valence-corrected chi connectivity index (χ1v) is 6.89. The van der Waals surface area contributed by atoms with E-state index in [4.69, 9.17) is 0 Å². The first-order chi connectivity index (χ1) is 8.36. The third-order valence-electron chi connectivity index (χ3n) is 4.37. The van der Waals surface area contributed by atoms with Crippen molar-refractivity contribution >= 4 is 0 Å². The highest BCUT2D eigenvalue weighted by molar-refractivity contribution is 4.87. The van der Waals surface area contributed by atoms with Crippen molar-refractivity contribution in [1.82, 2.24) is 10.2 Å². The van der Waals surface area contributed by atoms with Gasteiger partial charge in [-0.2, -0.15) is 13.2 Å². The molecule has 0 unspecified atom stereocenters. The van der Waals surface area contributed by atoms with Crippen molar-refractivity contribution in [3.05, 3.63) is 0 Å². The fraction of sp³-hybridized carbons (Fsp3) is 1.00. The maximum Gasteiger partial charge on any atom is 0.401 e. The van der Waals surface area contributed by atoms with Crippen LogP contribution in [0.3, 0.4) is 0 Å². The van der Waals surface area contributed by atoms with Crippen molar-refractivity contribution < 1.29 is 13.2 Å². The molecule has 0 radical (unpaired) electrons. The highest BCUT2D eigenvalue weighted by Crippen LogP contribution is 2.39. The van der Waals surface area contributed by atoms with Crippen LogP contribution >= 0.6 is 0 Å². The van der Waals surface area contributed by atoms with Gasteiger partial charge in [0.05, 0.1) is 6.54 Å². The lowest BCUT2D eigenvalue weighted by Crippen LogP contribution is -2.48. The van der Waals surface area contributed by atoms with Crippen molar-refractivity contribution in [3.63, 3.8) is 0 Å². The van der Waals surface area contributed by atoms with E-state index in [0.717, 1.165) is 19.4 Å². The Hall–Kier alpha value is -0.290.